The number of halogens is 1. The van der Waals surface area contributed by atoms with Gasteiger partial charge in [0.05, 0.1) is 18.3 Å². The number of benzene rings is 1. The van der Waals surface area contributed by atoms with Crippen molar-refractivity contribution in [2.24, 2.45) is 0 Å². The fourth-order valence-electron chi connectivity index (χ4n) is 4.61. The second-order valence-electron chi connectivity index (χ2n) is 9.00. The van der Waals surface area contributed by atoms with Crippen molar-refractivity contribution in [3.05, 3.63) is 41.6 Å². The van der Waals surface area contributed by atoms with Gasteiger partial charge >= 0.3 is 0 Å². The van der Waals surface area contributed by atoms with Gasteiger partial charge in [-0.25, -0.2) is 9.37 Å². The van der Waals surface area contributed by atoms with E-state index in [4.69, 9.17) is 9.97 Å². The van der Waals surface area contributed by atoms with Crippen LogP contribution in [0.15, 0.2) is 24.4 Å². The van der Waals surface area contributed by atoms with Gasteiger partial charge in [-0.1, -0.05) is 6.07 Å². The van der Waals surface area contributed by atoms with Crippen molar-refractivity contribution >= 4 is 28.6 Å². The second-order valence-corrected chi connectivity index (χ2v) is 9.00. The van der Waals surface area contributed by atoms with Crippen molar-refractivity contribution in [3.8, 4) is 0 Å². The summed E-state index contributed by atoms with van der Waals surface area (Å²) in [5.41, 5.74) is 3.05. The number of fused-ring (bicyclic) bond motifs is 2. The molecule has 6 rings (SSSR count). The van der Waals surface area contributed by atoms with Gasteiger partial charge in [-0.15, -0.1) is 0 Å². The zero-order valence-corrected chi connectivity index (χ0v) is 18.1. The SMILES string of the molecule is C[C@@H]1CN(c2nc(NCc3nc4c(F)cccc4[nH]3)n3ncc(C4CC4)c3n2)C[C@H](C)N1. The number of hydrogen-bond acceptors (Lipinski definition) is 7. The van der Waals surface area contributed by atoms with Gasteiger partial charge < -0.3 is 20.5 Å². The molecule has 2 fully saturated rings. The lowest BCUT2D eigenvalue weighted by Crippen LogP contribution is -2.54. The molecule has 0 bridgehead atoms. The Kier molecular flexibility index (Phi) is 4.49. The molecule has 0 radical (unpaired) electrons. The van der Waals surface area contributed by atoms with Gasteiger partial charge in [0, 0.05) is 30.7 Å². The molecule has 2 aliphatic rings. The van der Waals surface area contributed by atoms with E-state index in [1.165, 1.54) is 24.5 Å². The highest BCUT2D eigenvalue weighted by Crippen LogP contribution is 2.42. The van der Waals surface area contributed by atoms with E-state index in [0.29, 0.717) is 53.3 Å². The molecule has 4 heterocycles. The normalized spacial score (nSPS) is 21.5. The van der Waals surface area contributed by atoms with E-state index in [1.807, 2.05) is 12.3 Å². The Morgan fingerprint density at radius 3 is 2.69 bits per heavy atom. The Bertz CT molecular complexity index is 1280. The number of rotatable bonds is 5. The third kappa shape index (κ3) is 3.44. The van der Waals surface area contributed by atoms with E-state index in [9.17, 15) is 4.39 Å². The van der Waals surface area contributed by atoms with Gasteiger partial charge in [-0.05, 0) is 44.7 Å². The van der Waals surface area contributed by atoms with Gasteiger partial charge in [0.2, 0.25) is 11.9 Å². The first-order valence-corrected chi connectivity index (χ1v) is 11.2. The number of aromatic amines is 1. The van der Waals surface area contributed by atoms with Crippen LogP contribution in [0.5, 0.6) is 0 Å². The van der Waals surface area contributed by atoms with Crippen LogP contribution in [0.25, 0.3) is 16.7 Å². The minimum atomic E-state index is -0.334. The number of nitrogens with one attached hydrogen (secondary N) is 3. The van der Waals surface area contributed by atoms with E-state index in [0.717, 1.165) is 18.7 Å². The Labute approximate surface area is 184 Å². The predicted molar refractivity (Wildman–Crippen MR) is 120 cm³/mol. The molecule has 3 N–H and O–H groups in total. The average Bonchev–Trinajstić information content (AvgIpc) is 3.36. The average molecular weight is 436 g/mol. The number of imidazole rings is 1. The standard InChI is InChI=1S/C22H26FN9/c1-12-10-31(11-13(2)26-12)22-29-20-15(14-6-7-14)8-25-32(20)21(30-22)24-9-18-27-17-5-3-4-16(23)19(17)28-18/h3-5,8,12-14,26H,6-7,9-11H2,1-2H3,(H,27,28)(H,24,29,30)/t12-,13+. The number of piperazine rings is 1. The van der Waals surface area contributed by atoms with Crippen LogP contribution < -0.4 is 15.5 Å². The van der Waals surface area contributed by atoms with Crippen molar-refractivity contribution < 1.29 is 4.39 Å². The largest absolute Gasteiger partial charge is 0.347 e. The number of para-hydroxylation sites is 1. The molecule has 1 saturated carbocycles. The summed E-state index contributed by atoms with van der Waals surface area (Å²) in [7, 11) is 0. The fraction of sp³-hybridized carbons (Fsp3) is 0.455. The van der Waals surface area contributed by atoms with Gasteiger partial charge in [0.25, 0.3) is 0 Å². The van der Waals surface area contributed by atoms with Crippen LogP contribution in [0.4, 0.5) is 16.3 Å². The maximum absolute atomic E-state index is 14.0. The molecule has 1 aliphatic heterocycles. The molecule has 4 aromatic rings. The van der Waals surface area contributed by atoms with Crippen LogP contribution >= 0.6 is 0 Å². The lowest BCUT2D eigenvalue weighted by Gasteiger charge is -2.36. The monoisotopic (exact) mass is 435 g/mol. The summed E-state index contributed by atoms with van der Waals surface area (Å²) >= 11 is 0. The third-order valence-electron chi connectivity index (χ3n) is 6.17. The molecule has 166 valence electrons. The zero-order chi connectivity index (χ0) is 21.8. The summed E-state index contributed by atoms with van der Waals surface area (Å²) in [5.74, 6) is 2.15. The summed E-state index contributed by atoms with van der Waals surface area (Å²) < 4.78 is 15.8. The smallest absolute Gasteiger partial charge is 0.230 e. The summed E-state index contributed by atoms with van der Waals surface area (Å²) in [5, 5.41) is 11.5. The second kappa shape index (κ2) is 7.40. The predicted octanol–water partition coefficient (Wildman–Crippen LogP) is 2.82. The van der Waals surface area contributed by atoms with Crippen molar-refractivity contribution in [2.45, 2.75) is 51.2 Å². The lowest BCUT2D eigenvalue weighted by atomic mass is 10.1. The molecule has 0 amide bonds. The quantitative estimate of drug-likeness (QED) is 0.443. The van der Waals surface area contributed by atoms with Crippen LogP contribution in [-0.4, -0.2) is 54.7 Å². The van der Waals surface area contributed by atoms with Crippen LogP contribution in [-0.2, 0) is 6.54 Å². The summed E-state index contributed by atoms with van der Waals surface area (Å²) in [6.07, 6.45) is 4.27. The molecular weight excluding hydrogens is 409 g/mol. The maximum Gasteiger partial charge on any atom is 0.230 e. The molecule has 2 atom stereocenters. The molecule has 0 spiro atoms. The van der Waals surface area contributed by atoms with Crippen LogP contribution in [0, 0.1) is 5.82 Å². The Morgan fingerprint density at radius 2 is 1.94 bits per heavy atom. The van der Waals surface area contributed by atoms with Crippen molar-refractivity contribution in [2.75, 3.05) is 23.3 Å². The zero-order valence-electron chi connectivity index (χ0n) is 18.1. The highest BCUT2D eigenvalue weighted by Gasteiger charge is 2.30. The minimum Gasteiger partial charge on any atom is -0.347 e. The van der Waals surface area contributed by atoms with Crippen LogP contribution in [0.2, 0.25) is 0 Å². The number of H-pyrrole nitrogens is 1. The van der Waals surface area contributed by atoms with E-state index in [-0.39, 0.29) is 5.82 Å². The van der Waals surface area contributed by atoms with Gasteiger partial charge in [0.1, 0.15) is 11.3 Å². The van der Waals surface area contributed by atoms with Gasteiger partial charge in [-0.2, -0.15) is 19.6 Å². The maximum atomic E-state index is 14.0. The molecule has 1 saturated heterocycles. The lowest BCUT2D eigenvalue weighted by molar-refractivity contribution is 0.403. The molecule has 1 aromatic carbocycles. The van der Waals surface area contributed by atoms with Gasteiger partial charge in [-0.3, -0.25) is 0 Å². The van der Waals surface area contributed by atoms with E-state index in [2.05, 4.69) is 44.4 Å². The summed E-state index contributed by atoms with van der Waals surface area (Å²) in [4.78, 5) is 19.6. The molecule has 3 aromatic heterocycles. The Hall–Kier alpha value is -3.27. The van der Waals surface area contributed by atoms with E-state index < -0.39 is 0 Å². The van der Waals surface area contributed by atoms with Crippen molar-refractivity contribution in [3.63, 3.8) is 0 Å². The first-order chi connectivity index (χ1) is 15.5. The molecule has 32 heavy (non-hydrogen) atoms. The molecule has 9 nitrogen and oxygen atoms in total. The number of aromatic nitrogens is 6. The summed E-state index contributed by atoms with van der Waals surface area (Å²) in [6.45, 7) is 6.41. The molecule has 1 aliphatic carbocycles. The number of hydrogen-bond donors (Lipinski definition) is 3. The number of nitrogens with zero attached hydrogens (tertiary/aromatic N) is 6. The van der Waals surface area contributed by atoms with E-state index in [1.54, 1.807) is 10.6 Å². The fourth-order valence-corrected chi connectivity index (χ4v) is 4.61. The molecule has 0 unspecified atom stereocenters. The highest BCUT2D eigenvalue weighted by molar-refractivity contribution is 5.75. The summed E-state index contributed by atoms with van der Waals surface area (Å²) in [6, 6.07) is 5.62. The third-order valence-corrected chi connectivity index (χ3v) is 6.17. The van der Waals surface area contributed by atoms with E-state index >= 15 is 0 Å². The first-order valence-electron chi connectivity index (χ1n) is 11.2. The number of anilines is 2. The highest BCUT2D eigenvalue weighted by atomic mass is 19.1. The van der Waals surface area contributed by atoms with Crippen molar-refractivity contribution in [1.82, 2.24) is 34.9 Å². The Balaban J connectivity index is 1.36. The topological polar surface area (TPSA) is 99.1 Å². The Morgan fingerprint density at radius 1 is 1.12 bits per heavy atom. The van der Waals surface area contributed by atoms with Gasteiger partial charge in [0.15, 0.2) is 11.5 Å². The minimum absolute atomic E-state index is 0.334. The molecular formula is C22H26FN9. The molecule has 10 heteroatoms. The van der Waals surface area contributed by atoms with Crippen molar-refractivity contribution in [1.29, 1.82) is 0 Å². The van der Waals surface area contributed by atoms with Crippen LogP contribution in [0.3, 0.4) is 0 Å². The van der Waals surface area contributed by atoms with Crippen LogP contribution in [0.1, 0.15) is 44.0 Å². The first kappa shape index (κ1) is 19.4.